The van der Waals surface area contributed by atoms with Crippen molar-refractivity contribution in [2.75, 3.05) is 6.61 Å². The lowest BCUT2D eigenvalue weighted by Crippen LogP contribution is -2.24. The summed E-state index contributed by atoms with van der Waals surface area (Å²) in [6.45, 7) is 2.88. The van der Waals surface area contributed by atoms with Crippen LogP contribution in [0.4, 0.5) is 13.2 Å². The van der Waals surface area contributed by atoms with Gasteiger partial charge in [0, 0.05) is 11.6 Å². The first kappa shape index (κ1) is 13.3. The van der Waals surface area contributed by atoms with Gasteiger partial charge in [-0.2, -0.15) is 13.2 Å². The van der Waals surface area contributed by atoms with Gasteiger partial charge in [0.1, 0.15) is 5.15 Å². The van der Waals surface area contributed by atoms with Crippen molar-refractivity contribution in [2.45, 2.75) is 25.4 Å². The maximum absolute atomic E-state index is 12.4. The van der Waals surface area contributed by atoms with E-state index in [4.69, 9.17) is 16.7 Å². The molecule has 0 aliphatic heterocycles. The van der Waals surface area contributed by atoms with E-state index < -0.39 is 17.2 Å². The van der Waals surface area contributed by atoms with Gasteiger partial charge in [0.2, 0.25) is 0 Å². The molecule has 0 spiro atoms. The molecule has 6 heteroatoms. The van der Waals surface area contributed by atoms with Gasteiger partial charge in [-0.1, -0.05) is 25.4 Å². The molecule has 0 saturated carbocycles. The van der Waals surface area contributed by atoms with Crippen LogP contribution in [-0.2, 0) is 11.6 Å². The van der Waals surface area contributed by atoms with Gasteiger partial charge in [0.05, 0.1) is 12.2 Å². The Morgan fingerprint density at radius 3 is 2.38 bits per heavy atom. The number of aliphatic hydroxyl groups excluding tert-OH is 1. The second-order valence-electron chi connectivity index (χ2n) is 4.10. The Bertz CT molecular complexity index is 390. The third kappa shape index (κ3) is 2.65. The second kappa shape index (κ2) is 4.22. The molecule has 0 aromatic carbocycles. The highest BCUT2D eigenvalue weighted by Gasteiger charge is 2.33. The Hall–Kier alpha value is -0.810. The molecule has 90 valence electrons. The normalized spacial score (nSPS) is 12.9. The number of pyridine rings is 1. The van der Waals surface area contributed by atoms with Crippen LogP contribution in [0.15, 0.2) is 12.3 Å². The monoisotopic (exact) mass is 253 g/mol. The standard InChI is InChI=1S/C10H11ClF3NO/c1-9(2,5-16)7-3-6(10(12,13)14)4-15-8(7)11/h3-4,16H,5H2,1-2H3. The molecule has 1 aromatic rings. The molecule has 2 nitrogen and oxygen atoms in total. The number of nitrogens with zero attached hydrogens (tertiary/aromatic N) is 1. The van der Waals surface area contributed by atoms with Gasteiger partial charge in [-0.25, -0.2) is 4.98 Å². The molecule has 1 aromatic heterocycles. The van der Waals surface area contributed by atoms with Gasteiger partial charge in [-0.3, -0.25) is 0 Å². The smallest absolute Gasteiger partial charge is 0.395 e. The van der Waals surface area contributed by atoms with Crippen LogP contribution >= 0.6 is 11.6 Å². The minimum absolute atomic E-state index is 0.0212. The number of rotatable bonds is 2. The number of halogens is 4. The topological polar surface area (TPSA) is 33.1 Å². The van der Waals surface area contributed by atoms with Crippen molar-refractivity contribution < 1.29 is 18.3 Å². The first-order valence-electron chi connectivity index (χ1n) is 4.52. The average Bonchev–Trinajstić information content (AvgIpc) is 2.16. The summed E-state index contributed by atoms with van der Waals surface area (Å²) in [6, 6.07) is 0.922. The van der Waals surface area contributed by atoms with Crippen molar-refractivity contribution >= 4 is 11.6 Å². The summed E-state index contributed by atoms with van der Waals surface area (Å²) in [5.74, 6) is 0. The quantitative estimate of drug-likeness (QED) is 0.822. The van der Waals surface area contributed by atoms with Gasteiger partial charge in [0.25, 0.3) is 0 Å². The summed E-state index contributed by atoms with van der Waals surface area (Å²) in [4.78, 5) is 3.49. The fraction of sp³-hybridized carbons (Fsp3) is 0.500. The van der Waals surface area contributed by atoms with E-state index in [9.17, 15) is 13.2 Å². The van der Waals surface area contributed by atoms with Gasteiger partial charge < -0.3 is 5.11 Å². The average molecular weight is 254 g/mol. The molecule has 0 fully saturated rings. The Labute approximate surface area is 96.1 Å². The fourth-order valence-electron chi connectivity index (χ4n) is 1.16. The Kier molecular flexibility index (Phi) is 3.50. The first-order chi connectivity index (χ1) is 7.18. The first-order valence-corrected chi connectivity index (χ1v) is 4.90. The molecule has 0 bridgehead atoms. The van der Waals surface area contributed by atoms with Crippen LogP contribution in [0.1, 0.15) is 25.0 Å². The van der Waals surface area contributed by atoms with Crippen LogP contribution < -0.4 is 0 Å². The number of hydrogen-bond acceptors (Lipinski definition) is 2. The van der Waals surface area contributed by atoms with E-state index in [-0.39, 0.29) is 17.3 Å². The van der Waals surface area contributed by atoms with Gasteiger partial charge in [0.15, 0.2) is 0 Å². The van der Waals surface area contributed by atoms with Crippen LogP contribution in [0, 0.1) is 0 Å². The summed E-state index contributed by atoms with van der Waals surface area (Å²) in [5.41, 5.74) is -1.54. The van der Waals surface area contributed by atoms with E-state index in [1.165, 1.54) is 0 Å². The van der Waals surface area contributed by atoms with Crippen molar-refractivity contribution in [1.82, 2.24) is 4.98 Å². The highest BCUT2D eigenvalue weighted by molar-refractivity contribution is 6.30. The fourth-order valence-corrected chi connectivity index (χ4v) is 1.52. The van der Waals surface area contributed by atoms with E-state index in [2.05, 4.69) is 4.98 Å². The maximum atomic E-state index is 12.4. The van der Waals surface area contributed by atoms with Crippen LogP contribution in [0.5, 0.6) is 0 Å². The molecule has 0 aliphatic rings. The Balaban J connectivity index is 3.30. The van der Waals surface area contributed by atoms with E-state index in [1.807, 2.05) is 0 Å². The SMILES string of the molecule is CC(C)(CO)c1cc(C(F)(F)F)cnc1Cl. The molecule has 1 N–H and O–H groups in total. The minimum atomic E-state index is -4.46. The van der Waals surface area contributed by atoms with Crippen molar-refractivity contribution in [2.24, 2.45) is 0 Å². The van der Waals surface area contributed by atoms with Crippen molar-refractivity contribution in [1.29, 1.82) is 0 Å². The molecular weight excluding hydrogens is 243 g/mol. The summed E-state index contributed by atoms with van der Waals surface area (Å²) in [7, 11) is 0. The van der Waals surface area contributed by atoms with E-state index in [0.717, 1.165) is 6.07 Å². The summed E-state index contributed by atoms with van der Waals surface area (Å²) < 4.78 is 37.3. The van der Waals surface area contributed by atoms with Crippen LogP contribution in [0.3, 0.4) is 0 Å². The molecule has 0 radical (unpaired) electrons. The molecular formula is C10H11ClF3NO. The largest absolute Gasteiger partial charge is 0.417 e. The van der Waals surface area contributed by atoms with Crippen LogP contribution in [0.2, 0.25) is 5.15 Å². The van der Waals surface area contributed by atoms with Crippen molar-refractivity contribution in [3.63, 3.8) is 0 Å². The zero-order valence-electron chi connectivity index (χ0n) is 8.77. The van der Waals surface area contributed by atoms with E-state index in [0.29, 0.717) is 6.20 Å². The molecule has 0 amide bonds. The predicted octanol–water partition coefficient (Wildman–Crippen LogP) is 3.02. The summed E-state index contributed by atoms with van der Waals surface area (Å²) in [6.07, 6.45) is -3.78. The molecule has 16 heavy (non-hydrogen) atoms. The third-order valence-electron chi connectivity index (χ3n) is 2.29. The minimum Gasteiger partial charge on any atom is -0.395 e. The van der Waals surface area contributed by atoms with Gasteiger partial charge >= 0.3 is 6.18 Å². The number of hydrogen-bond donors (Lipinski definition) is 1. The Morgan fingerprint density at radius 2 is 1.94 bits per heavy atom. The number of aromatic nitrogens is 1. The third-order valence-corrected chi connectivity index (χ3v) is 2.59. The lowest BCUT2D eigenvalue weighted by Gasteiger charge is -2.23. The molecule has 1 heterocycles. The molecule has 0 unspecified atom stereocenters. The highest BCUT2D eigenvalue weighted by Crippen LogP contribution is 2.34. The lowest BCUT2D eigenvalue weighted by molar-refractivity contribution is -0.137. The van der Waals surface area contributed by atoms with Crippen LogP contribution in [0.25, 0.3) is 0 Å². The van der Waals surface area contributed by atoms with Gasteiger partial charge in [-0.05, 0) is 11.6 Å². The maximum Gasteiger partial charge on any atom is 0.417 e. The molecule has 0 atom stereocenters. The summed E-state index contributed by atoms with van der Waals surface area (Å²) in [5, 5.41) is 9.08. The van der Waals surface area contributed by atoms with Gasteiger partial charge in [-0.15, -0.1) is 0 Å². The van der Waals surface area contributed by atoms with E-state index in [1.54, 1.807) is 13.8 Å². The van der Waals surface area contributed by atoms with Crippen molar-refractivity contribution in [3.8, 4) is 0 Å². The molecule has 0 aliphatic carbocycles. The molecule has 0 saturated heterocycles. The zero-order valence-corrected chi connectivity index (χ0v) is 9.52. The van der Waals surface area contributed by atoms with E-state index >= 15 is 0 Å². The molecule has 1 rings (SSSR count). The number of aliphatic hydroxyl groups is 1. The van der Waals surface area contributed by atoms with Crippen molar-refractivity contribution in [3.05, 3.63) is 28.5 Å². The predicted molar refractivity (Wildman–Crippen MR) is 54.4 cm³/mol. The highest BCUT2D eigenvalue weighted by atomic mass is 35.5. The van der Waals surface area contributed by atoms with Crippen LogP contribution in [-0.4, -0.2) is 16.7 Å². The zero-order chi connectivity index (χ0) is 12.6. The second-order valence-corrected chi connectivity index (χ2v) is 4.46. The summed E-state index contributed by atoms with van der Waals surface area (Å²) >= 11 is 5.72. The number of alkyl halides is 3. The Morgan fingerprint density at radius 1 is 1.38 bits per heavy atom. The lowest BCUT2D eigenvalue weighted by atomic mass is 9.86.